The summed E-state index contributed by atoms with van der Waals surface area (Å²) in [6.45, 7) is 3.63. The van der Waals surface area contributed by atoms with Gasteiger partial charge >= 0.3 is 0 Å². The Bertz CT molecular complexity index is 464. The molecular formula is C15H22FN3O2. The van der Waals surface area contributed by atoms with Gasteiger partial charge in [0.15, 0.2) is 0 Å². The molecule has 21 heavy (non-hydrogen) atoms. The first kappa shape index (κ1) is 15.9. The van der Waals surface area contributed by atoms with Gasteiger partial charge in [0.1, 0.15) is 5.82 Å². The molecule has 5 nitrogen and oxygen atoms in total. The summed E-state index contributed by atoms with van der Waals surface area (Å²) in [6.07, 6.45) is 0.305. The molecule has 6 heteroatoms. The zero-order valence-electron chi connectivity index (χ0n) is 12.1. The molecule has 0 saturated carbocycles. The Morgan fingerprint density at radius 3 is 2.86 bits per heavy atom. The van der Waals surface area contributed by atoms with Crippen molar-refractivity contribution in [2.45, 2.75) is 12.5 Å². The number of morpholine rings is 1. The lowest BCUT2D eigenvalue weighted by molar-refractivity contribution is -0.121. The number of nitrogens with two attached hydrogens (primary N) is 1. The van der Waals surface area contributed by atoms with Gasteiger partial charge in [0, 0.05) is 32.6 Å². The molecule has 3 N–H and O–H groups in total. The minimum absolute atomic E-state index is 0.0497. The summed E-state index contributed by atoms with van der Waals surface area (Å²) >= 11 is 0. The van der Waals surface area contributed by atoms with E-state index in [2.05, 4.69) is 10.2 Å². The lowest BCUT2D eigenvalue weighted by Gasteiger charge is -2.35. The third kappa shape index (κ3) is 4.77. The highest BCUT2D eigenvalue weighted by Crippen LogP contribution is 2.22. The van der Waals surface area contributed by atoms with Crippen LogP contribution in [-0.4, -0.2) is 50.2 Å². The average Bonchev–Trinajstić information content (AvgIpc) is 2.49. The lowest BCUT2D eigenvalue weighted by Crippen LogP contribution is -2.44. The second kappa shape index (κ2) is 8.07. The second-order valence-electron chi connectivity index (χ2n) is 5.06. The number of nitrogens with zero attached hydrogens (tertiary/aromatic N) is 1. The van der Waals surface area contributed by atoms with Crippen molar-refractivity contribution in [1.82, 2.24) is 10.2 Å². The molecule has 1 saturated heterocycles. The van der Waals surface area contributed by atoms with Crippen LogP contribution in [0, 0.1) is 5.82 Å². The number of nitrogens with one attached hydrogen (secondary N) is 1. The first-order valence-electron chi connectivity index (χ1n) is 7.24. The largest absolute Gasteiger partial charge is 0.379 e. The van der Waals surface area contributed by atoms with Gasteiger partial charge in [0.05, 0.1) is 19.3 Å². The minimum Gasteiger partial charge on any atom is -0.379 e. The van der Waals surface area contributed by atoms with Crippen LogP contribution in [0.1, 0.15) is 18.0 Å². The number of hydrogen-bond donors (Lipinski definition) is 2. The number of amides is 1. The zero-order chi connectivity index (χ0) is 15.1. The molecule has 116 valence electrons. The fraction of sp³-hybridized carbons (Fsp3) is 0.533. The summed E-state index contributed by atoms with van der Waals surface area (Å²) in [5.41, 5.74) is 6.24. The summed E-state index contributed by atoms with van der Waals surface area (Å²) in [6, 6.07) is 6.48. The molecule has 1 atom stereocenters. The molecule has 1 unspecified atom stereocenters. The van der Waals surface area contributed by atoms with E-state index in [4.69, 9.17) is 10.5 Å². The quantitative estimate of drug-likeness (QED) is 0.809. The van der Waals surface area contributed by atoms with Gasteiger partial charge in [0.2, 0.25) is 5.91 Å². The van der Waals surface area contributed by atoms with Gasteiger partial charge in [-0.25, -0.2) is 4.39 Å². The van der Waals surface area contributed by atoms with Crippen LogP contribution in [0.4, 0.5) is 4.39 Å². The molecule has 1 fully saturated rings. The first-order chi connectivity index (χ1) is 10.2. The van der Waals surface area contributed by atoms with Crippen LogP contribution < -0.4 is 11.1 Å². The molecule has 2 rings (SSSR count). The predicted molar refractivity (Wildman–Crippen MR) is 78.2 cm³/mol. The number of benzene rings is 1. The number of halogens is 1. The van der Waals surface area contributed by atoms with Gasteiger partial charge in [0.25, 0.3) is 0 Å². The van der Waals surface area contributed by atoms with Crippen LogP contribution in [0.5, 0.6) is 0 Å². The van der Waals surface area contributed by atoms with Gasteiger partial charge in [-0.2, -0.15) is 0 Å². The number of carbonyl (C=O) groups is 1. The van der Waals surface area contributed by atoms with Crippen molar-refractivity contribution in [3.63, 3.8) is 0 Å². The molecule has 1 aromatic rings. The Hall–Kier alpha value is -1.50. The molecule has 1 aliphatic heterocycles. The highest BCUT2D eigenvalue weighted by atomic mass is 19.1. The predicted octanol–water partition coefficient (Wildman–Crippen LogP) is 0.664. The lowest BCUT2D eigenvalue weighted by atomic mass is 10.0. The van der Waals surface area contributed by atoms with Gasteiger partial charge in [-0.05, 0) is 17.7 Å². The highest BCUT2D eigenvalue weighted by Gasteiger charge is 2.23. The van der Waals surface area contributed by atoms with Crippen LogP contribution in [0.15, 0.2) is 24.3 Å². The van der Waals surface area contributed by atoms with E-state index in [1.165, 1.54) is 12.1 Å². The molecule has 0 spiro atoms. The van der Waals surface area contributed by atoms with E-state index < -0.39 is 0 Å². The molecule has 1 amide bonds. The Morgan fingerprint density at radius 2 is 2.19 bits per heavy atom. The fourth-order valence-electron chi connectivity index (χ4n) is 2.49. The van der Waals surface area contributed by atoms with Crippen LogP contribution in [-0.2, 0) is 9.53 Å². The summed E-state index contributed by atoms with van der Waals surface area (Å²) < 4.78 is 18.8. The summed E-state index contributed by atoms with van der Waals surface area (Å²) in [5.74, 6) is -0.341. The van der Waals surface area contributed by atoms with Gasteiger partial charge in [-0.1, -0.05) is 12.1 Å². The van der Waals surface area contributed by atoms with Crippen molar-refractivity contribution in [2.24, 2.45) is 5.73 Å². The van der Waals surface area contributed by atoms with Gasteiger partial charge < -0.3 is 15.8 Å². The normalized spacial score (nSPS) is 17.4. The highest BCUT2D eigenvalue weighted by molar-refractivity contribution is 5.76. The Morgan fingerprint density at radius 1 is 1.43 bits per heavy atom. The maximum absolute atomic E-state index is 13.5. The van der Waals surface area contributed by atoms with E-state index in [1.54, 1.807) is 6.07 Å². The average molecular weight is 295 g/mol. The van der Waals surface area contributed by atoms with Crippen LogP contribution in [0.3, 0.4) is 0 Å². The van der Waals surface area contributed by atoms with E-state index >= 15 is 0 Å². The van der Waals surface area contributed by atoms with Crippen LogP contribution in [0.2, 0.25) is 0 Å². The molecule has 1 aliphatic rings. The number of rotatable bonds is 6. The van der Waals surface area contributed by atoms with Crippen molar-refractivity contribution < 1.29 is 13.9 Å². The first-order valence-corrected chi connectivity index (χ1v) is 7.24. The number of carbonyl (C=O) groups excluding carboxylic acids is 1. The van der Waals surface area contributed by atoms with Crippen LogP contribution >= 0.6 is 0 Å². The van der Waals surface area contributed by atoms with E-state index in [-0.39, 0.29) is 17.8 Å². The topological polar surface area (TPSA) is 67.6 Å². The van der Waals surface area contributed by atoms with Crippen molar-refractivity contribution in [3.05, 3.63) is 35.6 Å². The molecule has 0 bridgehead atoms. The zero-order valence-corrected chi connectivity index (χ0v) is 12.1. The Balaban J connectivity index is 2.07. The standard InChI is InChI=1S/C15H22FN3O2/c16-13-3-1-2-12(10-13)14(11-18-15(20)4-5-17)19-6-8-21-9-7-19/h1-3,10,14H,4-9,11,17H2,(H,18,20). The molecule has 0 aromatic heterocycles. The van der Waals surface area contributed by atoms with Crippen molar-refractivity contribution in [3.8, 4) is 0 Å². The number of hydrogen-bond acceptors (Lipinski definition) is 4. The third-order valence-electron chi connectivity index (χ3n) is 3.58. The SMILES string of the molecule is NCCC(=O)NCC(c1cccc(F)c1)N1CCOCC1. The minimum atomic E-state index is -0.265. The van der Waals surface area contributed by atoms with Crippen molar-refractivity contribution >= 4 is 5.91 Å². The Labute approximate surface area is 124 Å². The monoisotopic (exact) mass is 295 g/mol. The van der Waals surface area contributed by atoms with E-state index in [9.17, 15) is 9.18 Å². The summed E-state index contributed by atoms with van der Waals surface area (Å²) in [5, 5.41) is 2.88. The maximum atomic E-state index is 13.5. The second-order valence-corrected chi connectivity index (χ2v) is 5.06. The van der Waals surface area contributed by atoms with Crippen molar-refractivity contribution in [2.75, 3.05) is 39.4 Å². The van der Waals surface area contributed by atoms with E-state index in [0.717, 1.165) is 18.7 Å². The Kier molecular flexibility index (Phi) is 6.10. The third-order valence-corrected chi connectivity index (χ3v) is 3.58. The fourth-order valence-corrected chi connectivity index (χ4v) is 2.49. The number of ether oxygens (including phenoxy) is 1. The summed E-state index contributed by atoms with van der Waals surface area (Å²) in [7, 11) is 0. The van der Waals surface area contributed by atoms with E-state index in [0.29, 0.717) is 32.7 Å². The summed E-state index contributed by atoms with van der Waals surface area (Å²) in [4.78, 5) is 13.8. The molecule has 0 aliphatic carbocycles. The van der Waals surface area contributed by atoms with Gasteiger partial charge in [-0.3, -0.25) is 9.69 Å². The molecule has 1 aromatic carbocycles. The van der Waals surface area contributed by atoms with E-state index in [1.807, 2.05) is 6.07 Å². The maximum Gasteiger partial charge on any atom is 0.221 e. The van der Waals surface area contributed by atoms with Crippen molar-refractivity contribution in [1.29, 1.82) is 0 Å². The smallest absolute Gasteiger partial charge is 0.221 e. The molecule has 1 heterocycles. The van der Waals surface area contributed by atoms with Gasteiger partial charge in [-0.15, -0.1) is 0 Å². The van der Waals surface area contributed by atoms with Crippen LogP contribution in [0.25, 0.3) is 0 Å². The molecular weight excluding hydrogens is 273 g/mol. The molecule has 0 radical (unpaired) electrons.